The zero-order valence-electron chi connectivity index (χ0n) is 8.98. The number of rotatable bonds is 2. The number of hydrogen-bond acceptors (Lipinski definition) is 2. The molecule has 1 amide bonds. The summed E-state index contributed by atoms with van der Waals surface area (Å²) in [6.45, 7) is 1.74. The number of halogens is 4. The van der Waals surface area contributed by atoms with Crippen LogP contribution in [-0.2, 0) is 4.79 Å². The van der Waals surface area contributed by atoms with Gasteiger partial charge in [-0.3, -0.25) is 4.79 Å². The van der Waals surface area contributed by atoms with Gasteiger partial charge in [0, 0.05) is 10.5 Å². The van der Waals surface area contributed by atoms with Crippen LogP contribution >= 0.6 is 15.9 Å². The van der Waals surface area contributed by atoms with Crippen LogP contribution in [-0.4, -0.2) is 19.2 Å². The van der Waals surface area contributed by atoms with Crippen molar-refractivity contribution in [2.24, 2.45) is 0 Å². The maximum Gasteiger partial charge on any atom is 0.471 e. The van der Waals surface area contributed by atoms with Crippen LogP contribution < -0.4 is 10.1 Å². The van der Waals surface area contributed by atoms with E-state index in [9.17, 15) is 18.0 Å². The number of benzene rings is 1. The summed E-state index contributed by atoms with van der Waals surface area (Å²) in [4.78, 5) is 10.8. The molecular weight excluding hydrogens is 303 g/mol. The molecule has 0 saturated heterocycles. The Bertz CT molecular complexity index is 446. The van der Waals surface area contributed by atoms with Gasteiger partial charge < -0.3 is 10.1 Å². The van der Waals surface area contributed by atoms with Crippen molar-refractivity contribution in [3.63, 3.8) is 0 Å². The Morgan fingerprint density at radius 1 is 1.41 bits per heavy atom. The summed E-state index contributed by atoms with van der Waals surface area (Å²) in [5, 5.41) is 1.76. The molecule has 3 nitrogen and oxygen atoms in total. The minimum atomic E-state index is -4.92. The molecule has 1 aromatic carbocycles. The van der Waals surface area contributed by atoms with E-state index in [1.54, 1.807) is 18.3 Å². The van der Waals surface area contributed by atoms with E-state index in [1.807, 2.05) is 0 Å². The fourth-order valence-electron chi connectivity index (χ4n) is 1.16. The lowest BCUT2D eigenvalue weighted by Crippen LogP contribution is -2.30. The normalized spacial score (nSPS) is 11.2. The molecule has 0 saturated carbocycles. The first kappa shape index (κ1) is 13.8. The molecule has 0 spiro atoms. The summed E-state index contributed by atoms with van der Waals surface area (Å²) in [6.07, 6.45) is -4.92. The Labute approximate surface area is 104 Å². The molecule has 17 heavy (non-hydrogen) atoms. The van der Waals surface area contributed by atoms with Gasteiger partial charge in [0.05, 0.1) is 12.8 Å². The summed E-state index contributed by atoms with van der Waals surface area (Å²) in [6, 6.07) is 2.88. The van der Waals surface area contributed by atoms with Gasteiger partial charge in [-0.1, -0.05) is 0 Å². The predicted molar refractivity (Wildman–Crippen MR) is 60.1 cm³/mol. The number of alkyl halides is 3. The van der Waals surface area contributed by atoms with E-state index in [4.69, 9.17) is 4.74 Å². The smallest absolute Gasteiger partial charge is 0.471 e. The second-order valence-electron chi connectivity index (χ2n) is 3.25. The van der Waals surface area contributed by atoms with E-state index in [0.717, 1.165) is 5.56 Å². The molecule has 0 radical (unpaired) electrons. The maximum atomic E-state index is 12.1. The number of hydrogen-bond donors (Lipinski definition) is 1. The Hall–Kier alpha value is -1.24. The molecule has 0 aromatic heterocycles. The molecule has 94 valence electrons. The Balaban J connectivity index is 3.03. The van der Waals surface area contributed by atoms with Gasteiger partial charge in [-0.25, -0.2) is 0 Å². The fourth-order valence-corrected chi connectivity index (χ4v) is 1.72. The number of anilines is 1. The minimum absolute atomic E-state index is 0.00905. The molecule has 1 rings (SSSR count). The van der Waals surface area contributed by atoms with Gasteiger partial charge in [-0.15, -0.1) is 0 Å². The van der Waals surface area contributed by atoms with Crippen molar-refractivity contribution in [2.75, 3.05) is 12.4 Å². The second-order valence-corrected chi connectivity index (χ2v) is 4.11. The van der Waals surface area contributed by atoms with Gasteiger partial charge in [0.1, 0.15) is 5.75 Å². The SMILES string of the molecule is COc1cc(NC(=O)C(F)(F)F)c(Br)cc1C. The van der Waals surface area contributed by atoms with Crippen LogP contribution in [0.25, 0.3) is 0 Å². The van der Waals surface area contributed by atoms with Gasteiger partial charge in [0.15, 0.2) is 0 Å². The summed E-state index contributed by atoms with van der Waals surface area (Å²) in [5.41, 5.74) is 0.749. The topological polar surface area (TPSA) is 38.3 Å². The van der Waals surface area contributed by atoms with Crippen LogP contribution in [0.5, 0.6) is 5.75 Å². The van der Waals surface area contributed by atoms with Crippen LogP contribution in [0, 0.1) is 6.92 Å². The minimum Gasteiger partial charge on any atom is -0.496 e. The highest BCUT2D eigenvalue weighted by Crippen LogP contribution is 2.31. The second kappa shape index (κ2) is 4.95. The van der Waals surface area contributed by atoms with Crippen LogP contribution in [0.15, 0.2) is 16.6 Å². The molecule has 0 aliphatic heterocycles. The van der Waals surface area contributed by atoms with Crippen molar-refractivity contribution in [3.05, 3.63) is 22.2 Å². The van der Waals surface area contributed by atoms with Crippen LogP contribution in [0.4, 0.5) is 18.9 Å². The van der Waals surface area contributed by atoms with Crippen LogP contribution in [0.2, 0.25) is 0 Å². The summed E-state index contributed by atoms with van der Waals surface area (Å²) < 4.78 is 41.5. The average Bonchev–Trinajstić information content (AvgIpc) is 2.20. The number of carbonyl (C=O) groups excluding carboxylic acids is 1. The number of amides is 1. The lowest BCUT2D eigenvalue weighted by molar-refractivity contribution is -0.167. The van der Waals surface area contributed by atoms with E-state index < -0.39 is 12.1 Å². The number of nitrogens with one attached hydrogen (secondary N) is 1. The van der Waals surface area contributed by atoms with Crippen molar-refractivity contribution in [3.8, 4) is 5.75 Å². The summed E-state index contributed by atoms with van der Waals surface area (Å²) in [5.74, 6) is -1.63. The zero-order chi connectivity index (χ0) is 13.2. The van der Waals surface area contributed by atoms with E-state index in [-0.39, 0.29) is 5.69 Å². The molecule has 7 heteroatoms. The number of ether oxygens (including phenoxy) is 1. The lowest BCUT2D eigenvalue weighted by Gasteiger charge is -2.12. The highest BCUT2D eigenvalue weighted by Gasteiger charge is 2.39. The standard InChI is InChI=1S/C10H9BrF3NO2/c1-5-3-6(11)7(4-8(5)17-2)15-9(16)10(12,13)14/h3-4H,1-2H3,(H,15,16). The average molecular weight is 312 g/mol. The quantitative estimate of drug-likeness (QED) is 0.910. The van der Waals surface area contributed by atoms with Gasteiger partial charge in [0.25, 0.3) is 0 Å². The van der Waals surface area contributed by atoms with Gasteiger partial charge in [0.2, 0.25) is 0 Å². The van der Waals surface area contributed by atoms with Gasteiger partial charge in [-0.05, 0) is 34.5 Å². The Kier molecular flexibility index (Phi) is 4.03. The summed E-state index contributed by atoms with van der Waals surface area (Å²) in [7, 11) is 1.39. The highest BCUT2D eigenvalue weighted by atomic mass is 79.9. The highest BCUT2D eigenvalue weighted by molar-refractivity contribution is 9.10. The fraction of sp³-hybridized carbons (Fsp3) is 0.300. The van der Waals surface area contributed by atoms with Crippen molar-refractivity contribution >= 4 is 27.5 Å². The maximum absolute atomic E-state index is 12.1. The van der Waals surface area contributed by atoms with Crippen LogP contribution in [0.1, 0.15) is 5.56 Å². The third kappa shape index (κ3) is 3.36. The monoisotopic (exact) mass is 311 g/mol. The third-order valence-electron chi connectivity index (χ3n) is 1.99. The number of aryl methyl sites for hydroxylation is 1. The molecule has 0 atom stereocenters. The van der Waals surface area contributed by atoms with Crippen molar-refractivity contribution in [2.45, 2.75) is 13.1 Å². The van der Waals surface area contributed by atoms with Gasteiger partial charge in [-0.2, -0.15) is 13.2 Å². The number of carbonyl (C=O) groups is 1. The van der Waals surface area contributed by atoms with Crippen molar-refractivity contribution in [1.29, 1.82) is 0 Å². The molecule has 0 unspecified atom stereocenters. The van der Waals surface area contributed by atoms with Crippen LogP contribution in [0.3, 0.4) is 0 Å². The molecule has 0 heterocycles. The molecule has 0 fully saturated rings. The van der Waals surface area contributed by atoms with E-state index >= 15 is 0 Å². The van der Waals surface area contributed by atoms with E-state index in [1.165, 1.54) is 13.2 Å². The van der Waals surface area contributed by atoms with E-state index in [0.29, 0.717) is 10.2 Å². The number of methoxy groups -OCH3 is 1. The molecular formula is C10H9BrF3NO2. The van der Waals surface area contributed by atoms with Gasteiger partial charge >= 0.3 is 12.1 Å². The first-order chi connectivity index (χ1) is 7.75. The first-order valence-corrected chi connectivity index (χ1v) is 5.27. The van der Waals surface area contributed by atoms with Crippen molar-refractivity contribution in [1.82, 2.24) is 0 Å². The lowest BCUT2D eigenvalue weighted by atomic mass is 10.2. The molecule has 0 aliphatic rings. The predicted octanol–water partition coefficient (Wildman–Crippen LogP) is 3.27. The molecule has 0 bridgehead atoms. The first-order valence-electron chi connectivity index (χ1n) is 4.48. The Morgan fingerprint density at radius 2 is 2.00 bits per heavy atom. The molecule has 0 aliphatic carbocycles. The summed E-state index contributed by atoms with van der Waals surface area (Å²) >= 11 is 3.07. The van der Waals surface area contributed by atoms with E-state index in [2.05, 4.69) is 15.9 Å². The molecule has 1 aromatic rings. The Morgan fingerprint density at radius 3 is 2.47 bits per heavy atom. The zero-order valence-corrected chi connectivity index (χ0v) is 10.6. The van der Waals surface area contributed by atoms with Crippen molar-refractivity contribution < 1.29 is 22.7 Å². The molecule has 1 N–H and O–H groups in total. The third-order valence-corrected chi connectivity index (χ3v) is 2.65. The largest absolute Gasteiger partial charge is 0.496 e.